The van der Waals surface area contributed by atoms with Crippen molar-refractivity contribution < 1.29 is 19.4 Å². The third kappa shape index (κ3) is 3.71. The Labute approximate surface area is 119 Å². The Hall–Kier alpha value is -1.59. The van der Waals surface area contributed by atoms with E-state index in [1.165, 1.54) is 5.56 Å². The number of nitrogens with zero attached hydrogens (tertiary/aromatic N) is 1. The van der Waals surface area contributed by atoms with E-state index in [4.69, 9.17) is 14.6 Å². The number of aromatic carboxylic acids is 1. The molecule has 1 aliphatic rings. The number of carboxylic acid groups (broad SMARTS) is 1. The maximum atomic E-state index is 11.0. The number of carbonyl (C=O) groups is 1. The lowest BCUT2D eigenvalue weighted by atomic mass is 10.1. The highest BCUT2D eigenvalue weighted by Crippen LogP contribution is 2.28. The molecule has 0 fully saturated rings. The minimum atomic E-state index is -0.879. The van der Waals surface area contributed by atoms with E-state index < -0.39 is 5.97 Å². The zero-order chi connectivity index (χ0) is 14.4. The molecule has 0 amide bonds. The first-order valence-corrected chi connectivity index (χ1v) is 6.90. The molecule has 1 aromatic rings. The van der Waals surface area contributed by atoms with Crippen LogP contribution >= 0.6 is 0 Å². The minimum Gasteiger partial charge on any atom is -0.478 e. The largest absolute Gasteiger partial charge is 0.478 e. The Morgan fingerprint density at radius 2 is 2.20 bits per heavy atom. The Morgan fingerprint density at radius 3 is 2.95 bits per heavy atom. The van der Waals surface area contributed by atoms with Gasteiger partial charge in [0.15, 0.2) is 0 Å². The molecule has 0 unspecified atom stereocenters. The topological polar surface area (TPSA) is 59.0 Å². The van der Waals surface area contributed by atoms with Crippen molar-refractivity contribution in [3.05, 3.63) is 29.3 Å². The lowest BCUT2D eigenvalue weighted by Gasteiger charge is -2.19. The summed E-state index contributed by atoms with van der Waals surface area (Å²) in [7, 11) is 1.68. The molecule has 0 bridgehead atoms. The number of fused-ring (bicyclic) bond motifs is 1. The van der Waals surface area contributed by atoms with Crippen molar-refractivity contribution in [2.75, 3.05) is 44.9 Å². The summed E-state index contributed by atoms with van der Waals surface area (Å²) in [5.74, 6) is -0.879. The summed E-state index contributed by atoms with van der Waals surface area (Å²) >= 11 is 0. The van der Waals surface area contributed by atoms with Crippen molar-refractivity contribution >= 4 is 11.7 Å². The SMILES string of the molecule is COCCCOCCN1CCc2ccc(C(=O)O)cc21. The number of ether oxygens (including phenoxy) is 2. The van der Waals surface area contributed by atoms with E-state index in [9.17, 15) is 4.79 Å². The predicted octanol–water partition coefficient (Wildman–Crippen LogP) is 1.80. The van der Waals surface area contributed by atoms with E-state index in [0.717, 1.165) is 31.6 Å². The molecule has 2 rings (SSSR count). The van der Waals surface area contributed by atoms with Crippen LogP contribution in [-0.4, -0.2) is 51.1 Å². The Bertz CT molecular complexity index is 461. The number of hydrogen-bond donors (Lipinski definition) is 1. The van der Waals surface area contributed by atoms with Gasteiger partial charge in [0.05, 0.1) is 12.2 Å². The van der Waals surface area contributed by atoms with Gasteiger partial charge in [0, 0.05) is 39.1 Å². The van der Waals surface area contributed by atoms with E-state index in [1.54, 1.807) is 19.2 Å². The number of benzene rings is 1. The summed E-state index contributed by atoms with van der Waals surface area (Å²) in [6, 6.07) is 5.35. The monoisotopic (exact) mass is 279 g/mol. The van der Waals surface area contributed by atoms with Crippen LogP contribution < -0.4 is 4.90 Å². The average Bonchev–Trinajstić information content (AvgIpc) is 2.85. The van der Waals surface area contributed by atoms with Crippen LogP contribution in [0.25, 0.3) is 0 Å². The molecular formula is C15H21NO4. The van der Waals surface area contributed by atoms with Crippen molar-refractivity contribution in [1.82, 2.24) is 0 Å². The van der Waals surface area contributed by atoms with E-state index in [0.29, 0.717) is 25.4 Å². The van der Waals surface area contributed by atoms with Crippen LogP contribution in [0.1, 0.15) is 22.3 Å². The van der Waals surface area contributed by atoms with Gasteiger partial charge in [-0.3, -0.25) is 0 Å². The zero-order valence-corrected chi connectivity index (χ0v) is 11.8. The van der Waals surface area contributed by atoms with Gasteiger partial charge in [0.2, 0.25) is 0 Å². The highest BCUT2D eigenvalue weighted by molar-refractivity contribution is 5.89. The molecule has 0 saturated heterocycles. The van der Waals surface area contributed by atoms with Gasteiger partial charge in [0.25, 0.3) is 0 Å². The van der Waals surface area contributed by atoms with Gasteiger partial charge in [-0.15, -0.1) is 0 Å². The zero-order valence-electron chi connectivity index (χ0n) is 11.8. The van der Waals surface area contributed by atoms with E-state index in [2.05, 4.69) is 4.90 Å². The molecule has 0 aliphatic carbocycles. The molecule has 20 heavy (non-hydrogen) atoms. The van der Waals surface area contributed by atoms with Gasteiger partial charge in [-0.05, 0) is 30.5 Å². The van der Waals surface area contributed by atoms with Crippen LogP contribution in [0.2, 0.25) is 0 Å². The van der Waals surface area contributed by atoms with Crippen LogP contribution in [0.15, 0.2) is 18.2 Å². The summed E-state index contributed by atoms with van der Waals surface area (Å²) in [5, 5.41) is 9.04. The van der Waals surface area contributed by atoms with Gasteiger partial charge in [-0.1, -0.05) is 6.07 Å². The second-order valence-corrected chi connectivity index (χ2v) is 4.84. The Morgan fingerprint density at radius 1 is 1.35 bits per heavy atom. The highest BCUT2D eigenvalue weighted by Gasteiger charge is 2.20. The van der Waals surface area contributed by atoms with E-state index >= 15 is 0 Å². The highest BCUT2D eigenvalue weighted by atomic mass is 16.5. The van der Waals surface area contributed by atoms with Crippen molar-refractivity contribution in [3.63, 3.8) is 0 Å². The molecule has 1 N–H and O–H groups in total. The number of anilines is 1. The van der Waals surface area contributed by atoms with Gasteiger partial charge in [0.1, 0.15) is 0 Å². The van der Waals surface area contributed by atoms with Crippen molar-refractivity contribution in [3.8, 4) is 0 Å². The summed E-state index contributed by atoms with van der Waals surface area (Å²) < 4.78 is 10.5. The van der Waals surface area contributed by atoms with Crippen molar-refractivity contribution in [2.45, 2.75) is 12.8 Å². The van der Waals surface area contributed by atoms with E-state index in [-0.39, 0.29) is 0 Å². The molecular weight excluding hydrogens is 258 g/mol. The van der Waals surface area contributed by atoms with Gasteiger partial charge < -0.3 is 19.5 Å². The maximum absolute atomic E-state index is 11.0. The van der Waals surface area contributed by atoms with Gasteiger partial charge in [-0.25, -0.2) is 4.79 Å². The summed E-state index contributed by atoms with van der Waals surface area (Å²) in [5.41, 5.74) is 2.59. The lowest BCUT2D eigenvalue weighted by Crippen LogP contribution is -2.25. The molecule has 0 spiro atoms. The minimum absolute atomic E-state index is 0.344. The number of hydrogen-bond acceptors (Lipinski definition) is 4. The third-order valence-electron chi connectivity index (χ3n) is 3.47. The van der Waals surface area contributed by atoms with Crippen molar-refractivity contribution in [2.24, 2.45) is 0 Å². The van der Waals surface area contributed by atoms with Crippen LogP contribution in [-0.2, 0) is 15.9 Å². The summed E-state index contributed by atoms with van der Waals surface area (Å²) in [6.45, 7) is 3.79. The molecule has 0 atom stereocenters. The van der Waals surface area contributed by atoms with E-state index in [1.807, 2.05) is 6.07 Å². The molecule has 1 heterocycles. The van der Waals surface area contributed by atoms with Crippen molar-refractivity contribution in [1.29, 1.82) is 0 Å². The third-order valence-corrected chi connectivity index (χ3v) is 3.47. The first kappa shape index (κ1) is 14.8. The molecule has 0 aromatic heterocycles. The lowest BCUT2D eigenvalue weighted by molar-refractivity contribution is 0.0697. The first-order valence-electron chi connectivity index (χ1n) is 6.90. The number of carboxylic acids is 1. The number of rotatable bonds is 8. The molecule has 5 nitrogen and oxygen atoms in total. The van der Waals surface area contributed by atoms with Crippen LogP contribution in [0.4, 0.5) is 5.69 Å². The smallest absolute Gasteiger partial charge is 0.335 e. The molecule has 5 heteroatoms. The predicted molar refractivity (Wildman–Crippen MR) is 76.6 cm³/mol. The fourth-order valence-electron chi connectivity index (χ4n) is 2.39. The second kappa shape index (κ2) is 7.26. The molecule has 1 aromatic carbocycles. The fraction of sp³-hybridized carbons (Fsp3) is 0.533. The molecule has 0 saturated carbocycles. The Balaban J connectivity index is 1.84. The fourth-order valence-corrected chi connectivity index (χ4v) is 2.39. The van der Waals surface area contributed by atoms with Gasteiger partial charge in [-0.2, -0.15) is 0 Å². The average molecular weight is 279 g/mol. The number of methoxy groups -OCH3 is 1. The molecule has 110 valence electrons. The van der Waals surface area contributed by atoms with Crippen LogP contribution in [0.5, 0.6) is 0 Å². The molecule has 0 radical (unpaired) electrons. The van der Waals surface area contributed by atoms with Crippen LogP contribution in [0.3, 0.4) is 0 Å². The molecule has 1 aliphatic heterocycles. The Kier molecular flexibility index (Phi) is 5.38. The maximum Gasteiger partial charge on any atom is 0.335 e. The van der Waals surface area contributed by atoms with Gasteiger partial charge >= 0.3 is 5.97 Å². The first-order chi connectivity index (χ1) is 9.72. The normalized spacial score (nSPS) is 13.6. The standard InChI is InChI=1S/C15H21NO4/c1-19-8-2-9-20-10-7-16-6-5-12-3-4-13(15(17)18)11-14(12)16/h3-4,11H,2,5-10H2,1H3,(H,17,18). The summed E-state index contributed by atoms with van der Waals surface area (Å²) in [4.78, 5) is 13.2. The summed E-state index contributed by atoms with van der Waals surface area (Å²) in [6.07, 6.45) is 1.87. The van der Waals surface area contributed by atoms with Crippen LogP contribution in [0, 0.1) is 0 Å². The quantitative estimate of drug-likeness (QED) is 0.735. The second-order valence-electron chi connectivity index (χ2n) is 4.84.